The molecule has 3 aromatic rings. The van der Waals surface area contributed by atoms with Crippen molar-refractivity contribution in [3.05, 3.63) is 60.0 Å². The van der Waals surface area contributed by atoms with E-state index in [1.807, 2.05) is 11.0 Å². The van der Waals surface area contributed by atoms with Crippen molar-refractivity contribution in [2.45, 2.75) is 26.3 Å². The zero-order valence-corrected chi connectivity index (χ0v) is 18.5. The number of thiophene rings is 1. The normalized spacial score (nSPS) is 17.1. The number of hydrogen-bond acceptors (Lipinski definition) is 5. The smallest absolute Gasteiger partial charge is 0.244 e. The summed E-state index contributed by atoms with van der Waals surface area (Å²) >= 11 is 1.71. The Kier molecular flexibility index (Phi) is 6.76. The number of carbonyl (C=O) groups excluding carboxylic acids is 2. The summed E-state index contributed by atoms with van der Waals surface area (Å²) in [7, 11) is 0. The zero-order chi connectivity index (χ0) is 21.6. The van der Waals surface area contributed by atoms with Crippen molar-refractivity contribution < 1.29 is 9.59 Å². The Balaban J connectivity index is 1.49. The minimum atomic E-state index is -0.249. The van der Waals surface area contributed by atoms with Gasteiger partial charge >= 0.3 is 0 Å². The lowest BCUT2D eigenvalue weighted by Gasteiger charge is -2.24. The maximum Gasteiger partial charge on any atom is 0.244 e. The summed E-state index contributed by atoms with van der Waals surface area (Å²) in [6, 6.07) is 12.6. The second-order valence-corrected chi connectivity index (χ2v) is 8.78. The Bertz CT molecular complexity index is 986. The maximum atomic E-state index is 13.2. The molecule has 31 heavy (non-hydrogen) atoms. The topological polar surface area (TPSA) is 71.3 Å². The van der Waals surface area contributed by atoms with E-state index in [9.17, 15) is 9.59 Å². The number of rotatable bonds is 7. The highest BCUT2D eigenvalue weighted by molar-refractivity contribution is 7.13. The van der Waals surface area contributed by atoms with Crippen molar-refractivity contribution in [2.24, 2.45) is 5.92 Å². The predicted octanol–water partition coefficient (Wildman–Crippen LogP) is 2.95. The standard InChI is InChI=1S/C23H27N5O2S/c1-2-9-26-10-11-27(22(29)15-28-17-24-16-25-28)14-20(23(26)30)13-18-5-7-19(8-6-18)21-4-3-12-31-21/h3-8,12,16-17,20H,2,9-11,13-15H2,1H3. The first-order chi connectivity index (χ1) is 15.1. The molecule has 2 aromatic heterocycles. The number of carbonyl (C=O) groups is 2. The molecule has 1 atom stereocenters. The molecule has 0 N–H and O–H groups in total. The summed E-state index contributed by atoms with van der Waals surface area (Å²) in [6.45, 7) is 4.49. The van der Waals surface area contributed by atoms with Crippen LogP contribution in [0.2, 0.25) is 0 Å². The average Bonchev–Trinajstić information content (AvgIpc) is 3.47. The molecule has 0 aliphatic carbocycles. The highest BCUT2D eigenvalue weighted by atomic mass is 32.1. The third-order valence-electron chi connectivity index (χ3n) is 5.59. The predicted molar refractivity (Wildman–Crippen MR) is 120 cm³/mol. The minimum Gasteiger partial charge on any atom is -0.341 e. The van der Waals surface area contributed by atoms with Gasteiger partial charge in [0.2, 0.25) is 11.8 Å². The summed E-state index contributed by atoms with van der Waals surface area (Å²) in [5.41, 5.74) is 2.30. The molecule has 1 aliphatic heterocycles. The van der Waals surface area contributed by atoms with E-state index >= 15 is 0 Å². The molecule has 0 radical (unpaired) electrons. The van der Waals surface area contributed by atoms with Crippen LogP contribution in [0.3, 0.4) is 0 Å². The summed E-state index contributed by atoms with van der Waals surface area (Å²) in [5, 5.41) is 6.10. The van der Waals surface area contributed by atoms with Gasteiger partial charge in [0.1, 0.15) is 19.2 Å². The molecular formula is C23H27N5O2S. The fourth-order valence-electron chi connectivity index (χ4n) is 4.00. The lowest BCUT2D eigenvalue weighted by Crippen LogP contribution is -2.39. The van der Waals surface area contributed by atoms with Crippen LogP contribution in [-0.4, -0.2) is 62.6 Å². The van der Waals surface area contributed by atoms with Gasteiger partial charge in [0.05, 0.1) is 5.92 Å². The Labute approximate surface area is 186 Å². The molecule has 162 valence electrons. The molecule has 1 aromatic carbocycles. The molecule has 4 rings (SSSR count). The lowest BCUT2D eigenvalue weighted by atomic mass is 9.96. The SMILES string of the molecule is CCCN1CCN(C(=O)Cn2cncn2)CC(Cc2ccc(-c3cccs3)cc2)C1=O. The van der Waals surface area contributed by atoms with Crippen LogP contribution in [0.5, 0.6) is 0 Å². The van der Waals surface area contributed by atoms with Crippen molar-refractivity contribution >= 4 is 23.2 Å². The van der Waals surface area contributed by atoms with Gasteiger partial charge in [-0.15, -0.1) is 11.3 Å². The molecule has 0 saturated carbocycles. The molecule has 2 amide bonds. The average molecular weight is 438 g/mol. The van der Waals surface area contributed by atoms with Crippen LogP contribution >= 0.6 is 11.3 Å². The molecule has 8 heteroatoms. The fraction of sp³-hybridized carbons (Fsp3) is 0.391. The van der Waals surface area contributed by atoms with Crippen molar-refractivity contribution in [3.63, 3.8) is 0 Å². The van der Waals surface area contributed by atoms with E-state index in [2.05, 4.69) is 52.7 Å². The monoisotopic (exact) mass is 437 g/mol. The van der Waals surface area contributed by atoms with E-state index in [0.29, 0.717) is 26.1 Å². The van der Waals surface area contributed by atoms with Crippen LogP contribution < -0.4 is 0 Å². The molecule has 0 bridgehead atoms. The first-order valence-corrected chi connectivity index (χ1v) is 11.5. The summed E-state index contributed by atoms with van der Waals surface area (Å²) < 4.78 is 1.52. The van der Waals surface area contributed by atoms with Gasteiger partial charge in [-0.1, -0.05) is 37.3 Å². The second kappa shape index (κ2) is 9.87. The first kappa shape index (κ1) is 21.2. The lowest BCUT2D eigenvalue weighted by molar-refractivity contribution is -0.135. The van der Waals surface area contributed by atoms with Crippen molar-refractivity contribution in [1.82, 2.24) is 24.6 Å². The largest absolute Gasteiger partial charge is 0.341 e. The molecule has 7 nitrogen and oxygen atoms in total. The molecular weight excluding hydrogens is 410 g/mol. The molecule has 1 unspecified atom stereocenters. The Morgan fingerprint density at radius 2 is 2.03 bits per heavy atom. The van der Waals surface area contributed by atoms with Gasteiger partial charge in [-0.05, 0) is 35.4 Å². The van der Waals surface area contributed by atoms with E-state index in [-0.39, 0.29) is 24.3 Å². The minimum absolute atomic E-state index is 0.0327. The van der Waals surface area contributed by atoms with Gasteiger partial charge in [-0.2, -0.15) is 5.10 Å². The molecule has 1 saturated heterocycles. The number of nitrogens with zero attached hydrogens (tertiary/aromatic N) is 5. The quantitative estimate of drug-likeness (QED) is 0.570. The first-order valence-electron chi connectivity index (χ1n) is 10.7. The van der Waals surface area contributed by atoms with Gasteiger partial charge < -0.3 is 9.80 Å². The number of benzene rings is 1. The molecule has 1 aliphatic rings. The van der Waals surface area contributed by atoms with E-state index < -0.39 is 0 Å². The van der Waals surface area contributed by atoms with Crippen LogP contribution in [0, 0.1) is 5.92 Å². The molecule has 1 fully saturated rings. The molecule has 0 spiro atoms. The highest BCUT2D eigenvalue weighted by Gasteiger charge is 2.32. The van der Waals surface area contributed by atoms with E-state index in [1.165, 1.54) is 27.8 Å². The molecule has 3 heterocycles. The van der Waals surface area contributed by atoms with E-state index in [4.69, 9.17) is 0 Å². The van der Waals surface area contributed by atoms with Gasteiger partial charge in [0.25, 0.3) is 0 Å². The fourth-order valence-corrected chi connectivity index (χ4v) is 4.73. The van der Waals surface area contributed by atoms with Gasteiger partial charge in [0, 0.05) is 31.1 Å². The van der Waals surface area contributed by atoms with Crippen molar-refractivity contribution in [3.8, 4) is 10.4 Å². The van der Waals surface area contributed by atoms with Gasteiger partial charge in [0.15, 0.2) is 0 Å². The second-order valence-electron chi connectivity index (χ2n) is 7.83. The Hall–Kier alpha value is -3.00. The zero-order valence-electron chi connectivity index (χ0n) is 17.7. The number of aromatic nitrogens is 3. The highest BCUT2D eigenvalue weighted by Crippen LogP contribution is 2.26. The Morgan fingerprint density at radius 3 is 2.71 bits per heavy atom. The van der Waals surface area contributed by atoms with Crippen LogP contribution in [-0.2, 0) is 22.6 Å². The van der Waals surface area contributed by atoms with E-state index in [1.54, 1.807) is 16.2 Å². The summed E-state index contributed by atoms with van der Waals surface area (Å²) in [4.78, 5) is 35.0. The van der Waals surface area contributed by atoms with Gasteiger partial charge in [-0.3, -0.25) is 9.59 Å². The van der Waals surface area contributed by atoms with Crippen molar-refractivity contribution in [2.75, 3.05) is 26.2 Å². The van der Waals surface area contributed by atoms with Gasteiger partial charge in [-0.25, -0.2) is 9.67 Å². The van der Waals surface area contributed by atoms with Crippen molar-refractivity contribution in [1.29, 1.82) is 0 Å². The summed E-state index contributed by atoms with van der Waals surface area (Å²) in [6.07, 6.45) is 4.49. The number of amides is 2. The van der Waals surface area contributed by atoms with E-state index in [0.717, 1.165) is 18.5 Å². The number of hydrogen-bond donors (Lipinski definition) is 0. The maximum absolute atomic E-state index is 13.2. The van der Waals surface area contributed by atoms with Crippen LogP contribution in [0.15, 0.2) is 54.4 Å². The summed E-state index contributed by atoms with van der Waals surface area (Å²) in [5.74, 6) is -0.142. The van der Waals surface area contributed by atoms with Crippen LogP contribution in [0.1, 0.15) is 18.9 Å². The third kappa shape index (κ3) is 5.19. The third-order valence-corrected chi connectivity index (χ3v) is 6.51. The van der Waals surface area contributed by atoms with Crippen LogP contribution in [0.4, 0.5) is 0 Å². The van der Waals surface area contributed by atoms with Crippen LogP contribution in [0.25, 0.3) is 10.4 Å². The Morgan fingerprint density at radius 1 is 1.19 bits per heavy atom.